The van der Waals surface area contributed by atoms with E-state index in [1.807, 2.05) is 0 Å². The van der Waals surface area contributed by atoms with Gasteiger partial charge in [0.1, 0.15) is 0 Å². The lowest BCUT2D eigenvalue weighted by Crippen LogP contribution is -2.34. The first-order valence-corrected chi connectivity index (χ1v) is 5.15. The average molecular weight is 191 g/mol. The molecule has 0 aromatic heterocycles. The van der Waals surface area contributed by atoms with Crippen molar-refractivity contribution in [3.63, 3.8) is 0 Å². The molecule has 0 amide bonds. The fourth-order valence-electron chi connectivity index (χ4n) is 1.70. The predicted molar refractivity (Wildman–Crippen MR) is 62.6 cm³/mol. The molecule has 0 aliphatic carbocycles. The Kier molecular flexibility index (Phi) is 3.01. The molecule has 1 rings (SSSR count). The van der Waals surface area contributed by atoms with E-state index in [1.54, 1.807) is 0 Å². The highest BCUT2D eigenvalue weighted by molar-refractivity contribution is 5.37. The van der Waals surface area contributed by atoms with Crippen LogP contribution in [-0.4, -0.2) is 5.54 Å². The zero-order valence-corrected chi connectivity index (χ0v) is 9.94. The standard InChI is InChI=1S/C13H21N/c1-9-6-11(3)12(7-10(9)2)8-13(4,5)14/h6-7H,8,14H2,1-5H3. The van der Waals surface area contributed by atoms with Crippen molar-refractivity contribution < 1.29 is 0 Å². The van der Waals surface area contributed by atoms with E-state index in [9.17, 15) is 0 Å². The highest BCUT2D eigenvalue weighted by Gasteiger charge is 2.13. The summed E-state index contributed by atoms with van der Waals surface area (Å²) in [5.41, 5.74) is 11.4. The monoisotopic (exact) mass is 191 g/mol. The Morgan fingerprint density at radius 2 is 1.50 bits per heavy atom. The minimum absolute atomic E-state index is 0.119. The van der Waals surface area contributed by atoms with Crippen LogP contribution in [0.25, 0.3) is 0 Å². The van der Waals surface area contributed by atoms with Gasteiger partial charge in [-0.05, 0) is 63.3 Å². The zero-order chi connectivity index (χ0) is 10.9. The van der Waals surface area contributed by atoms with Crippen LogP contribution < -0.4 is 5.73 Å². The molecule has 2 N–H and O–H groups in total. The molecule has 1 heteroatoms. The van der Waals surface area contributed by atoms with Crippen molar-refractivity contribution in [2.24, 2.45) is 5.73 Å². The first kappa shape index (κ1) is 11.3. The summed E-state index contributed by atoms with van der Waals surface area (Å²) >= 11 is 0. The van der Waals surface area contributed by atoms with Gasteiger partial charge < -0.3 is 5.73 Å². The minimum atomic E-state index is -0.119. The predicted octanol–water partition coefficient (Wildman–Crippen LogP) is 2.89. The normalized spacial score (nSPS) is 11.9. The summed E-state index contributed by atoms with van der Waals surface area (Å²) < 4.78 is 0. The largest absolute Gasteiger partial charge is 0.325 e. The van der Waals surface area contributed by atoms with Gasteiger partial charge in [-0.25, -0.2) is 0 Å². The fourth-order valence-corrected chi connectivity index (χ4v) is 1.70. The van der Waals surface area contributed by atoms with E-state index in [-0.39, 0.29) is 5.54 Å². The van der Waals surface area contributed by atoms with Gasteiger partial charge in [-0.15, -0.1) is 0 Å². The summed E-state index contributed by atoms with van der Waals surface area (Å²) in [6, 6.07) is 4.51. The van der Waals surface area contributed by atoms with Gasteiger partial charge in [-0.1, -0.05) is 12.1 Å². The van der Waals surface area contributed by atoms with Crippen molar-refractivity contribution in [1.82, 2.24) is 0 Å². The SMILES string of the molecule is Cc1cc(C)c(CC(C)(C)N)cc1C. The number of aryl methyl sites for hydroxylation is 3. The second kappa shape index (κ2) is 3.74. The molecule has 0 heterocycles. The van der Waals surface area contributed by atoms with Crippen molar-refractivity contribution in [3.05, 3.63) is 34.4 Å². The summed E-state index contributed by atoms with van der Waals surface area (Å²) in [5, 5.41) is 0. The number of nitrogens with two attached hydrogens (primary N) is 1. The summed E-state index contributed by atoms with van der Waals surface area (Å²) in [7, 11) is 0. The molecule has 0 bridgehead atoms. The maximum absolute atomic E-state index is 6.02. The van der Waals surface area contributed by atoms with Crippen LogP contribution in [0.1, 0.15) is 36.1 Å². The highest BCUT2D eigenvalue weighted by Crippen LogP contribution is 2.19. The Labute approximate surface area is 87.3 Å². The van der Waals surface area contributed by atoms with Crippen LogP contribution in [0.4, 0.5) is 0 Å². The van der Waals surface area contributed by atoms with Gasteiger partial charge in [-0.3, -0.25) is 0 Å². The minimum Gasteiger partial charge on any atom is -0.325 e. The van der Waals surface area contributed by atoms with E-state index in [1.165, 1.54) is 22.3 Å². The second-order valence-electron chi connectivity index (χ2n) is 5.03. The summed E-state index contributed by atoms with van der Waals surface area (Å²) in [5.74, 6) is 0. The van der Waals surface area contributed by atoms with E-state index in [4.69, 9.17) is 5.73 Å². The molecule has 0 aliphatic rings. The third-order valence-corrected chi connectivity index (χ3v) is 2.60. The maximum Gasteiger partial charge on any atom is 0.0138 e. The van der Waals surface area contributed by atoms with E-state index in [0.717, 1.165) is 6.42 Å². The summed E-state index contributed by atoms with van der Waals surface area (Å²) in [6.07, 6.45) is 0.944. The van der Waals surface area contributed by atoms with Crippen LogP contribution in [0, 0.1) is 20.8 Å². The van der Waals surface area contributed by atoms with Crippen molar-refractivity contribution in [3.8, 4) is 0 Å². The number of benzene rings is 1. The molecule has 0 fully saturated rings. The lowest BCUT2D eigenvalue weighted by molar-refractivity contribution is 0.515. The molecule has 0 unspecified atom stereocenters. The molecular formula is C13H21N. The molecule has 1 aromatic carbocycles. The van der Waals surface area contributed by atoms with Crippen molar-refractivity contribution in [2.45, 2.75) is 46.6 Å². The Bertz CT molecular complexity index is 332. The maximum atomic E-state index is 6.02. The Morgan fingerprint density at radius 3 is 2.00 bits per heavy atom. The second-order valence-corrected chi connectivity index (χ2v) is 5.03. The molecule has 1 nitrogen and oxygen atoms in total. The van der Waals surface area contributed by atoms with Gasteiger partial charge in [0.25, 0.3) is 0 Å². The third kappa shape index (κ3) is 2.85. The van der Waals surface area contributed by atoms with Crippen LogP contribution in [-0.2, 0) is 6.42 Å². The van der Waals surface area contributed by atoms with E-state index in [0.29, 0.717) is 0 Å². The Morgan fingerprint density at radius 1 is 1.00 bits per heavy atom. The highest BCUT2D eigenvalue weighted by atomic mass is 14.7. The first-order valence-electron chi connectivity index (χ1n) is 5.15. The topological polar surface area (TPSA) is 26.0 Å². The van der Waals surface area contributed by atoms with Crippen molar-refractivity contribution in [2.75, 3.05) is 0 Å². The third-order valence-electron chi connectivity index (χ3n) is 2.60. The number of rotatable bonds is 2. The van der Waals surface area contributed by atoms with Gasteiger partial charge in [0, 0.05) is 5.54 Å². The van der Waals surface area contributed by atoms with Gasteiger partial charge in [-0.2, -0.15) is 0 Å². The van der Waals surface area contributed by atoms with E-state index in [2.05, 4.69) is 46.8 Å². The molecular weight excluding hydrogens is 170 g/mol. The van der Waals surface area contributed by atoms with E-state index < -0.39 is 0 Å². The van der Waals surface area contributed by atoms with Gasteiger partial charge in [0.05, 0.1) is 0 Å². The van der Waals surface area contributed by atoms with Crippen LogP contribution in [0.15, 0.2) is 12.1 Å². The quantitative estimate of drug-likeness (QED) is 0.764. The van der Waals surface area contributed by atoms with E-state index >= 15 is 0 Å². The number of hydrogen-bond acceptors (Lipinski definition) is 1. The Hall–Kier alpha value is -0.820. The van der Waals surface area contributed by atoms with Gasteiger partial charge in [0.2, 0.25) is 0 Å². The van der Waals surface area contributed by atoms with Gasteiger partial charge >= 0.3 is 0 Å². The molecule has 1 aromatic rings. The van der Waals surface area contributed by atoms with Crippen molar-refractivity contribution >= 4 is 0 Å². The fraction of sp³-hybridized carbons (Fsp3) is 0.538. The van der Waals surface area contributed by atoms with Crippen LogP contribution in [0.2, 0.25) is 0 Å². The van der Waals surface area contributed by atoms with Crippen LogP contribution >= 0.6 is 0 Å². The van der Waals surface area contributed by atoms with Crippen LogP contribution in [0.3, 0.4) is 0 Å². The molecule has 0 saturated heterocycles. The van der Waals surface area contributed by atoms with Crippen LogP contribution in [0.5, 0.6) is 0 Å². The Balaban J connectivity index is 3.04. The number of hydrogen-bond donors (Lipinski definition) is 1. The molecule has 14 heavy (non-hydrogen) atoms. The zero-order valence-electron chi connectivity index (χ0n) is 9.94. The molecule has 0 spiro atoms. The smallest absolute Gasteiger partial charge is 0.0138 e. The summed E-state index contributed by atoms with van der Waals surface area (Å²) in [4.78, 5) is 0. The molecule has 0 saturated carbocycles. The molecule has 0 aliphatic heterocycles. The van der Waals surface area contributed by atoms with Crippen molar-refractivity contribution in [1.29, 1.82) is 0 Å². The first-order chi connectivity index (χ1) is 6.29. The summed E-state index contributed by atoms with van der Waals surface area (Å²) in [6.45, 7) is 10.6. The van der Waals surface area contributed by atoms with Gasteiger partial charge in [0.15, 0.2) is 0 Å². The molecule has 0 atom stereocenters. The molecule has 0 radical (unpaired) electrons. The molecule has 78 valence electrons. The lowest BCUT2D eigenvalue weighted by Gasteiger charge is -2.20. The lowest BCUT2D eigenvalue weighted by atomic mass is 9.91. The average Bonchev–Trinajstić information content (AvgIpc) is 1.97.